The molecule has 114 valence electrons. The number of carbonyl (C=O) groups is 1. The number of hydrogen-bond acceptors (Lipinski definition) is 2. The van der Waals surface area contributed by atoms with Crippen molar-refractivity contribution in [3.05, 3.63) is 29.8 Å². The van der Waals surface area contributed by atoms with Gasteiger partial charge in [-0.15, -0.1) is 0 Å². The lowest BCUT2D eigenvalue weighted by Gasteiger charge is -2.21. The Hall–Kier alpha value is -1.51. The van der Waals surface area contributed by atoms with Crippen LogP contribution in [-0.4, -0.2) is 18.5 Å². The Labute approximate surface area is 127 Å². The maximum atomic E-state index is 12.0. The summed E-state index contributed by atoms with van der Waals surface area (Å²) in [6, 6.07) is 8.29. The molecular formula is C18H26N2O. The van der Waals surface area contributed by atoms with Gasteiger partial charge in [0.25, 0.3) is 5.91 Å². The molecule has 2 saturated carbocycles. The van der Waals surface area contributed by atoms with Gasteiger partial charge in [-0.1, -0.05) is 38.2 Å². The van der Waals surface area contributed by atoms with Gasteiger partial charge < -0.3 is 10.6 Å². The third-order valence-electron chi connectivity index (χ3n) is 4.64. The highest BCUT2D eigenvalue weighted by atomic mass is 16.1. The van der Waals surface area contributed by atoms with Crippen molar-refractivity contribution in [3.8, 4) is 0 Å². The maximum Gasteiger partial charge on any atom is 0.251 e. The Bertz CT molecular complexity index is 476. The Kier molecular flexibility index (Phi) is 4.79. The van der Waals surface area contributed by atoms with E-state index in [4.69, 9.17) is 0 Å². The summed E-state index contributed by atoms with van der Waals surface area (Å²) in [5.41, 5.74) is 1.83. The Morgan fingerprint density at radius 3 is 2.67 bits per heavy atom. The van der Waals surface area contributed by atoms with Crippen molar-refractivity contribution < 1.29 is 4.79 Å². The predicted octanol–water partition coefficient (Wildman–Crippen LogP) is 3.96. The van der Waals surface area contributed by atoms with E-state index in [1.165, 1.54) is 38.5 Å². The SMILES string of the molecule is O=C(NC1CC1)c1cccc(NCCC2CCCCC2)c1. The molecule has 1 amide bonds. The van der Waals surface area contributed by atoms with E-state index in [0.29, 0.717) is 6.04 Å². The molecule has 2 N–H and O–H groups in total. The molecule has 0 bridgehead atoms. The van der Waals surface area contributed by atoms with Crippen LogP contribution in [0.5, 0.6) is 0 Å². The number of hydrogen-bond donors (Lipinski definition) is 2. The van der Waals surface area contributed by atoms with E-state index in [-0.39, 0.29) is 5.91 Å². The van der Waals surface area contributed by atoms with E-state index in [9.17, 15) is 4.79 Å². The molecule has 0 saturated heterocycles. The van der Waals surface area contributed by atoms with Crippen LogP contribution in [0.1, 0.15) is 61.7 Å². The predicted molar refractivity (Wildman–Crippen MR) is 86.6 cm³/mol. The summed E-state index contributed by atoms with van der Waals surface area (Å²) in [5.74, 6) is 0.959. The summed E-state index contributed by atoms with van der Waals surface area (Å²) in [7, 11) is 0. The average Bonchev–Trinajstić information content (AvgIpc) is 3.33. The van der Waals surface area contributed by atoms with E-state index in [0.717, 1.165) is 36.6 Å². The second-order valence-corrected chi connectivity index (χ2v) is 6.55. The first-order valence-electron chi connectivity index (χ1n) is 8.46. The molecule has 0 heterocycles. The lowest BCUT2D eigenvalue weighted by atomic mass is 9.87. The van der Waals surface area contributed by atoms with E-state index >= 15 is 0 Å². The number of benzene rings is 1. The van der Waals surface area contributed by atoms with Crippen LogP contribution in [0.4, 0.5) is 5.69 Å². The van der Waals surface area contributed by atoms with Crippen LogP contribution < -0.4 is 10.6 Å². The highest BCUT2D eigenvalue weighted by Crippen LogP contribution is 2.26. The van der Waals surface area contributed by atoms with Gasteiger partial charge in [0.15, 0.2) is 0 Å². The monoisotopic (exact) mass is 286 g/mol. The fourth-order valence-electron chi connectivity index (χ4n) is 3.16. The van der Waals surface area contributed by atoms with Gasteiger partial charge in [0.2, 0.25) is 0 Å². The minimum atomic E-state index is 0.0634. The van der Waals surface area contributed by atoms with Gasteiger partial charge >= 0.3 is 0 Å². The van der Waals surface area contributed by atoms with Crippen molar-refractivity contribution in [1.29, 1.82) is 0 Å². The molecule has 2 aliphatic carbocycles. The van der Waals surface area contributed by atoms with Crippen LogP contribution in [-0.2, 0) is 0 Å². The third kappa shape index (κ3) is 4.48. The first-order chi connectivity index (χ1) is 10.3. The van der Waals surface area contributed by atoms with Gasteiger partial charge in [0.05, 0.1) is 0 Å². The Morgan fingerprint density at radius 2 is 1.90 bits per heavy atom. The first-order valence-corrected chi connectivity index (χ1v) is 8.46. The van der Waals surface area contributed by atoms with E-state index < -0.39 is 0 Å². The quantitative estimate of drug-likeness (QED) is 0.831. The van der Waals surface area contributed by atoms with Crippen LogP contribution in [0.15, 0.2) is 24.3 Å². The van der Waals surface area contributed by atoms with Crippen molar-refractivity contribution >= 4 is 11.6 Å². The fraction of sp³-hybridized carbons (Fsp3) is 0.611. The standard InChI is InChI=1S/C18H26N2O/c21-18(20-16-9-10-16)15-7-4-8-17(13-15)19-12-11-14-5-2-1-3-6-14/h4,7-8,13-14,16,19H,1-3,5-6,9-12H2,(H,20,21). The van der Waals surface area contributed by atoms with Gasteiger partial charge in [0.1, 0.15) is 0 Å². The molecule has 0 spiro atoms. The lowest BCUT2D eigenvalue weighted by Crippen LogP contribution is -2.25. The molecule has 3 nitrogen and oxygen atoms in total. The number of carbonyl (C=O) groups excluding carboxylic acids is 1. The molecule has 3 heteroatoms. The fourth-order valence-corrected chi connectivity index (χ4v) is 3.16. The molecule has 0 radical (unpaired) electrons. The largest absolute Gasteiger partial charge is 0.385 e. The smallest absolute Gasteiger partial charge is 0.251 e. The molecule has 3 rings (SSSR count). The van der Waals surface area contributed by atoms with Crippen LogP contribution in [0.2, 0.25) is 0 Å². The third-order valence-corrected chi connectivity index (χ3v) is 4.64. The summed E-state index contributed by atoms with van der Waals surface area (Å²) < 4.78 is 0. The molecule has 2 fully saturated rings. The van der Waals surface area contributed by atoms with Crippen LogP contribution in [0.3, 0.4) is 0 Å². The zero-order valence-corrected chi connectivity index (χ0v) is 12.7. The second-order valence-electron chi connectivity index (χ2n) is 6.55. The Balaban J connectivity index is 1.47. The number of amides is 1. The second kappa shape index (κ2) is 6.97. The highest BCUT2D eigenvalue weighted by Gasteiger charge is 2.23. The molecule has 2 aliphatic rings. The minimum Gasteiger partial charge on any atom is -0.385 e. The Morgan fingerprint density at radius 1 is 1.10 bits per heavy atom. The topological polar surface area (TPSA) is 41.1 Å². The van der Waals surface area contributed by atoms with Crippen LogP contribution in [0.25, 0.3) is 0 Å². The number of nitrogens with one attached hydrogen (secondary N) is 2. The van der Waals surface area contributed by atoms with Gasteiger partial charge in [-0.25, -0.2) is 0 Å². The summed E-state index contributed by atoms with van der Waals surface area (Å²) in [5, 5.41) is 6.51. The maximum absolute atomic E-state index is 12.0. The van der Waals surface area contributed by atoms with Gasteiger partial charge in [-0.05, 0) is 43.4 Å². The molecule has 1 aromatic carbocycles. The van der Waals surface area contributed by atoms with Gasteiger partial charge in [-0.2, -0.15) is 0 Å². The first kappa shape index (κ1) is 14.4. The molecule has 0 aromatic heterocycles. The van der Waals surface area contributed by atoms with Gasteiger partial charge in [-0.3, -0.25) is 4.79 Å². The van der Waals surface area contributed by atoms with E-state index in [1.54, 1.807) is 0 Å². The van der Waals surface area contributed by atoms with Crippen molar-refractivity contribution in [1.82, 2.24) is 5.32 Å². The van der Waals surface area contributed by atoms with Crippen molar-refractivity contribution in [2.75, 3.05) is 11.9 Å². The summed E-state index contributed by atoms with van der Waals surface area (Å²) >= 11 is 0. The van der Waals surface area contributed by atoms with Gasteiger partial charge in [0, 0.05) is 23.8 Å². The molecule has 0 atom stereocenters. The number of rotatable bonds is 6. The summed E-state index contributed by atoms with van der Waals surface area (Å²) in [6.45, 7) is 1.01. The summed E-state index contributed by atoms with van der Waals surface area (Å²) in [6.07, 6.45) is 10.5. The molecule has 21 heavy (non-hydrogen) atoms. The zero-order chi connectivity index (χ0) is 14.5. The summed E-state index contributed by atoms with van der Waals surface area (Å²) in [4.78, 5) is 12.0. The average molecular weight is 286 g/mol. The number of anilines is 1. The highest BCUT2D eigenvalue weighted by molar-refractivity contribution is 5.95. The van der Waals surface area contributed by atoms with Crippen molar-refractivity contribution in [2.24, 2.45) is 5.92 Å². The lowest BCUT2D eigenvalue weighted by molar-refractivity contribution is 0.0951. The molecule has 0 aliphatic heterocycles. The van der Waals surface area contributed by atoms with Crippen molar-refractivity contribution in [3.63, 3.8) is 0 Å². The van der Waals surface area contributed by atoms with E-state index in [1.807, 2.05) is 18.2 Å². The molecular weight excluding hydrogens is 260 g/mol. The normalized spacial score (nSPS) is 19.2. The molecule has 1 aromatic rings. The molecule has 0 unspecified atom stereocenters. The zero-order valence-electron chi connectivity index (χ0n) is 12.7. The minimum absolute atomic E-state index is 0.0634. The van der Waals surface area contributed by atoms with E-state index in [2.05, 4.69) is 16.7 Å². The van der Waals surface area contributed by atoms with Crippen LogP contribution >= 0.6 is 0 Å². The van der Waals surface area contributed by atoms with Crippen molar-refractivity contribution in [2.45, 2.75) is 57.4 Å². The van der Waals surface area contributed by atoms with Crippen LogP contribution in [0, 0.1) is 5.92 Å².